The molecule has 0 amide bonds. The van der Waals surface area contributed by atoms with Crippen molar-refractivity contribution in [1.29, 1.82) is 0 Å². The number of hydrogen-bond donors (Lipinski definition) is 1. The van der Waals surface area contributed by atoms with Crippen LogP contribution in [-0.2, 0) is 6.54 Å². The molecule has 0 radical (unpaired) electrons. The molecule has 0 unspecified atom stereocenters. The zero-order valence-electron chi connectivity index (χ0n) is 20.8. The van der Waals surface area contributed by atoms with Crippen LogP contribution in [0.4, 0.5) is 5.69 Å². The molecule has 5 nitrogen and oxygen atoms in total. The van der Waals surface area contributed by atoms with Crippen LogP contribution < -0.4 is 5.32 Å². The first-order chi connectivity index (χ1) is 16.6. The van der Waals surface area contributed by atoms with Crippen molar-refractivity contribution in [1.82, 2.24) is 19.7 Å². The van der Waals surface area contributed by atoms with Crippen LogP contribution in [0.3, 0.4) is 0 Å². The third kappa shape index (κ3) is 6.29. The highest BCUT2D eigenvalue weighted by molar-refractivity contribution is 7.17. The smallest absolute Gasteiger partial charge is 0.0838 e. The standard InChI is InChI=1S/C27H38ClN5S/c1-4-31(5-2)20-22-9-8-21(18-23(22)28)25-19-26(27-24(30-25)10-17-34-27)29-11-7-12-33-15-13-32(6-3)14-16-33/h8-10,17-19H,4-7,11-16,20H2,1-3H3,(H,29,30). The number of nitrogens with zero attached hydrogens (tertiary/aromatic N) is 4. The molecule has 1 N–H and O–H groups in total. The van der Waals surface area contributed by atoms with Crippen molar-refractivity contribution < 1.29 is 0 Å². The number of piperazine rings is 1. The fraction of sp³-hybridized carbons (Fsp3) is 0.519. The van der Waals surface area contributed by atoms with Crippen LogP contribution in [0.25, 0.3) is 21.5 Å². The molecule has 3 aromatic rings. The minimum atomic E-state index is 0.814. The largest absolute Gasteiger partial charge is 0.384 e. The summed E-state index contributed by atoms with van der Waals surface area (Å²) in [7, 11) is 0. The van der Waals surface area contributed by atoms with Crippen molar-refractivity contribution in [2.24, 2.45) is 0 Å². The van der Waals surface area contributed by atoms with Gasteiger partial charge in [-0.1, -0.05) is 44.5 Å². The van der Waals surface area contributed by atoms with Gasteiger partial charge in [-0.05, 0) is 61.7 Å². The highest BCUT2D eigenvalue weighted by atomic mass is 35.5. The Balaban J connectivity index is 1.42. The van der Waals surface area contributed by atoms with Crippen LogP contribution >= 0.6 is 22.9 Å². The maximum absolute atomic E-state index is 6.69. The van der Waals surface area contributed by atoms with Crippen LogP contribution in [-0.4, -0.2) is 78.6 Å². The predicted octanol–water partition coefficient (Wildman–Crippen LogP) is 5.90. The zero-order valence-corrected chi connectivity index (χ0v) is 22.4. The zero-order chi connectivity index (χ0) is 23.9. The lowest BCUT2D eigenvalue weighted by atomic mass is 10.1. The third-order valence-corrected chi connectivity index (χ3v) is 8.22. The number of aromatic nitrogens is 1. The van der Waals surface area contributed by atoms with Crippen molar-refractivity contribution in [3.8, 4) is 11.3 Å². The summed E-state index contributed by atoms with van der Waals surface area (Å²) in [6.07, 6.45) is 1.14. The number of fused-ring (bicyclic) bond motifs is 1. The van der Waals surface area contributed by atoms with E-state index in [1.807, 2.05) is 0 Å². The van der Waals surface area contributed by atoms with Crippen molar-refractivity contribution in [3.05, 3.63) is 46.3 Å². The van der Waals surface area contributed by atoms with E-state index in [0.717, 1.165) is 60.9 Å². The monoisotopic (exact) mass is 499 g/mol. The Hall–Kier alpha value is -1.70. The highest BCUT2D eigenvalue weighted by Crippen LogP contribution is 2.33. The van der Waals surface area contributed by atoms with Crippen molar-refractivity contribution >= 4 is 38.8 Å². The topological polar surface area (TPSA) is 34.6 Å². The number of rotatable bonds is 11. The van der Waals surface area contributed by atoms with E-state index in [9.17, 15) is 0 Å². The molecule has 184 valence electrons. The Labute approximate surface area is 213 Å². The summed E-state index contributed by atoms with van der Waals surface area (Å²) in [6, 6.07) is 10.7. The predicted molar refractivity (Wildman–Crippen MR) is 148 cm³/mol. The first-order valence-corrected chi connectivity index (χ1v) is 13.9. The molecule has 0 spiro atoms. The molecule has 7 heteroatoms. The lowest BCUT2D eigenvalue weighted by Gasteiger charge is -2.34. The average molecular weight is 500 g/mol. The van der Waals surface area contributed by atoms with Gasteiger partial charge in [0.2, 0.25) is 0 Å². The number of nitrogens with one attached hydrogen (secondary N) is 1. The van der Waals surface area contributed by atoms with E-state index in [1.54, 1.807) is 11.3 Å². The SMILES string of the molecule is CCN1CCN(CCCNc2cc(-c3ccc(CN(CC)CC)c(Cl)c3)nc3ccsc23)CC1. The maximum Gasteiger partial charge on any atom is 0.0838 e. The summed E-state index contributed by atoms with van der Waals surface area (Å²) in [5, 5.41) is 6.64. The maximum atomic E-state index is 6.69. The number of pyridine rings is 1. The Morgan fingerprint density at radius 3 is 2.50 bits per heavy atom. The van der Waals surface area contributed by atoms with E-state index in [0.29, 0.717) is 0 Å². The molecule has 2 aromatic heterocycles. The Morgan fingerprint density at radius 1 is 1.03 bits per heavy atom. The summed E-state index contributed by atoms with van der Waals surface area (Å²) in [6.45, 7) is 17.6. The van der Waals surface area contributed by atoms with Gasteiger partial charge in [-0.15, -0.1) is 11.3 Å². The van der Waals surface area contributed by atoms with Crippen molar-refractivity contribution in [2.45, 2.75) is 33.7 Å². The van der Waals surface area contributed by atoms with E-state index < -0.39 is 0 Å². The van der Waals surface area contributed by atoms with Crippen LogP contribution in [0.5, 0.6) is 0 Å². The van der Waals surface area contributed by atoms with Crippen molar-refractivity contribution in [2.75, 3.05) is 64.2 Å². The molecule has 0 atom stereocenters. The van der Waals surface area contributed by atoms with Gasteiger partial charge >= 0.3 is 0 Å². The Morgan fingerprint density at radius 2 is 1.79 bits per heavy atom. The molecule has 1 aliphatic heterocycles. The second kappa shape index (κ2) is 12.3. The third-order valence-electron chi connectivity index (χ3n) is 6.93. The molecule has 34 heavy (non-hydrogen) atoms. The Bertz CT molecular complexity index is 1060. The molecular formula is C27H38ClN5S. The van der Waals surface area contributed by atoms with Gasteiger partial charge in [-0.2, -0.15) is 0 Å². The number of halogens is 1. The van der Waals surface area contributed by atoms with Gasteiger partial charge < -0.3 is 15.1 Å². The average Bonchev–Trinajstić information content (AvgIpc) is 3.35. The number of thiophene rings is 1. The van der Waals surface area contributed by atoms with Gasteiger partial charge in [-0.3, -0.25) is 4.90 Å². The van der Waals surface area contributed by atoms with Crippen molar-refractivity contribution in [3.63, 3.8) is 0 Å². The molecule has 1 aliphatic rings. The second-order valence-corrected chi connectivity index (χ2v) is 10.3. The quantitative estimate of drug-likeness (QED) is 0.332. The van der Waals surface area contributed by atoms with Gasteiger partial charge in [0.25, 0.3) is 0 Å². The fourth-order valence-corrected chi connectivity index (χ4v) is 5.68. The van der Waals surface area contributed by atoms with Crippen LogP contribution in [0, 0.1) is 0 Å². The summed E-state index contributed by atoms with van der Waals surface area (Å²) in [5.74, 6) is 0. The van der Waals surface area contributed by atoms with E-state index in [1.165, 1.54) is 48.7 Å². The molecule has 1 saturated heterocycles. The first kappa shape index (κ1) is 25.4. The lowest BCUT2D eigenvalue weighted by Crippen LogP contribution is -2.46. The molecule has 1 aromatic carbocycles. The van der Waals surface area contributed by atoms with E-state index in [2.05, 4.69) is 76.5 Å². The van der Waals surface area contributed by atoms with Crippen LogP contribution in [0.2, 0.25) is 5.02 Å². The number of benzene rings is 1. The molecular weight excluding hydrogens is 462 g/mol. The summed E-state index contributed by atoms with van der Waals surface area (Å²) >= 11 is 8.44. The van der Waals surface area contributed by atoms with E-state index in [-0.39, 0.29) is 0 Å². The second-order valence-electron chi connectivity index (χ2n) is 9.01. The van der Waals surface area contributed by atoms with Crippen LogP contribution in [0.15, 0.2) is 35.7 Å². The number of likely N-dealkylation sites (N-methyl/N-ethyl adjacent to an activating group) is 1. The summed E-state index contributed by atoms with van der Waals surface area (Å²) in [4.78, 5) is 12.4. The summed E-state index contributed by atoms with van der Waals surface area (Å²) in [5.41, 5.74) is 5.43. The number of anilines is 1. The fourth-order valence-electron chi connectivity index (χ4n) is 4.61. The van der Waals surface area contributed by atoms with Gasteiger partial charge in [0, 0.05) is 49.9 Å². The van der Waals surface area contributed by atoms with E-state index >= 15 is 0 Å². The van der Waals surface area contributed by atoms with Gasteiger partial charge in [0.1, 0.15) is 0 Å². The van der Waals surface area contributed by atoms with Crippen LogP contribution in [0.1, 0.15) is 32.8 Å². The van der Waals surface area contributed by atoms with E-state index in [4.69, 9.17) is 16.6 Å². The molecule has 0 aliphatic carbocycles. The lowest BCUT2D eigenvalue weighted by molar-refractivity contribution is 0.137. The molecule has 0 bridgehead atoms. The highest BCUT2D eigenvalue weighted by Gasteiger charge is 2.15. The first-order valence-electron chi connectivity index (χ1n) is 12.7. The minimum absolute atomic E-state index is 0.814. The van der Waals surface area contributed by atoms with Gasteiger partial charge in [-0.25, -0.2) is 4.98 Å². The summed E-state index contributed by atoms with van der Waals surface area (Å²) < 4.78 is 1.23. The molecule has 3 heterocycles. The Kier molecular flexibility index (Phi) is 9.20. The normalized spacial score (nSPS) is 15.4. The van der Waals surface area contributed by atoms with Gasteiger partial charge in [0.15, 0.2) is 0 Å². The number of hydrogen-bond acceptors (Lipinski definition) is 6. The molecule has 4 rings (SSSR count). The molecule has 0 saturated carbocycles. The molecule has 1 fully saturated rings. The van der Waals surface area contributed by atoms with Gasteiger partial charge in [0.05, 0.1) is 21.6 Å². The minimum Gasteiger partial charge on any atom is -0.384 e.